The van der Waals surface area contributed by atoms with Crippen LogP contribution in [0.1, 0.15) is 17.2 Å². The van der Waals surface area contributed by atoms with Crippen molar-refractivity contribution in [2.45, 2.75) is 6.04 Å². The average molecular weight is 491 g/mol. The van der Waals surface area contributed by atoms with E-state index in [9.17, 15) is 19.1 Å². The number of aliphatic hydroxyl groups excluding tert-OH is 1. The molecule has 7 nitrogen and oxygen atoms in total. The van der Waals surface area contributed by atoms with Crippen molar-refractivity contribution in [3.63, 3.8) is 0 Å². The van der Waals surface area contributed by atoms with Gasteiger partial charge in [0, 0.05) is 11.1 Å². The lowest BCUT2D eigenvalue weighted by atomic mass is 9.94. The fraction of sp³-hybridized carbons (Fsp3) is 0.115. The highest BCUT2D eigenvalue weighted by atomic mass is 32.1. The van der Waals surface area contributed by atoms with Gasteiger partial charge in [0.2, 0.25) is 0 Å². The summed E-state index contributed by atoms with van der Waals surface area (Å²) >= 11 is 1.07. The summed E-state index contributed by atoms with van der Waals surface area (Å²) in [5.74, 6) is -1.65. The minimum Gasteiger partial charge on any atom is -0.507 e. The number of hydrogen-bond acceptors (Lipinski definition) is 7. The van der Waals surface area contributed by atoms with Crippen LogP contribution in [0.15, 0.2) is 72.3 Å². The Kier molecular flexibility index (Phi) is 5.70. The van der Waals surface area contributed by atoms with Crippen LogP contribution in [0.5, 0.6) is 11.5 Å². The van der Waals surface area contributed by atoms with Crippen LogP contribution in [0.3, 0.4) is 0 Å². The molecule has 176 valence electrons. The molecule has 0 saturated carbocycles. The molecule has 0 aliphatic carbocycles. The van der Waals surface area contributed by atoms with Crippen LogP contribution < -0.4 is 14.4 Å². The number of Topliss-reactive ketones (excluding diaryl/α,β-unsaturated/α-hetero) is 1. The van der Waals surface area contributed by atoms with Crippen molar-refractivity contribution in [2.24, 2.45) is 0 Å². The van der Waals surface area contributed by atoms with E-state index in [1.165, 1.54) is 37.3 Å². The second kappa shape index (κ2) is 8.84. The van der Waals surface area contributed by atoms with Crippen molar-refractivity contribution in [3.8, 4) is 11.5 Å². The minimum absolute atomic E-state index is 0.113. The van der Waals surface area contributed by atoms with Gasteiger partial charge >= 0.3 is 5.91 Å². The summed E-state index contributed by atoms with van der Waals surface area (Å²) in [6.07, 6.45) is 0. The Hall–Kier alpha value is -4.24. The molecule has 1 aliphatic heterocycles. The van der Waals surface area contributed by atoms with Crippen LogP contribution in [0.25, 0.3) is 16.0 Å². The lowest BCUT2D eigenvalue weighted by molar-refractivity contribution is -0.132. The number of halogens is 1. The predicted octanol–water partition coefficient (Wildman–Crippen LogP) is 5.08. The van der Waals surface area contributed by atoms with E-state index in [1.807, 2.05) is 0 Å². The SMILES string of the molecule is COc1ccc(OC)c([C@@H]2/C(=C(\O)c3ccccc3)C(=O)C(=O)N2c2nc3ccc(F)cc3s2)c1. The van der Waals surface area contributed by atoms with Gasteiger partial charge in [0.1, 0.15) is 29.1 Å². The van der Waals surface area contributed by atoms with Gasteiger partial charge in [0.15, 0.2) is 5.13 Å². The molecule has 2 heterocycles. The Morgan fingerprint density at radius 2 is 1.80 bits per heavy atom. The summed E-state index contributed by atoms with van der Waals surface area (Å²) in [6.45, 7) is 0. The molecule has 1 aliphatic rings. The molecule has 4 aromatic rings. The number of ketones is 1. The molecule has 1 amide bonds. The van der Waals surface area contributed by atoms with Crippen molar-refractivity contribution in [3.05, 3.63) is 89.2 Å². The second-order valence-corrected chi connectivity index (χ2v) is 8.76. The highest BCUT2D eigenvalue weighted by Crippen LogP contribution is 2.47. The van der Waals surface area contributed by atoms with Gasteiger partial charge in [-0.25, -0.2) is 9.37 Å². The van der Waals surface area contributed by atoms with Gasteiger partial charge in [-0.1, -0.05) is 41.7 Å². The molecule has 0 radical (unpaired) electrons. The summed E-state index contributed by atoms with van der Waals surface area (Å²) in [5.41, 5.74) is 1.17. The number of methoxy groups -OCH3 is 2. The Morgan fingerprint density at radius 3 is 2.51 bits per heavy atom. The quantitative estimate of drug-likeness (QED) is 0.239. The first kappa shape index (κ1) is 22.5. The molecule has 1 saturated heterocycles. The Morgan fingerprint density at radius 1 is 1.03 bits per heavy atom. The van der Waals surface area contributed by atoms with Gasteiger partial charge in [-0.2, -0.15) is 0 Å². The molecule has 1 aromatic heterocycles. The first-order chi connectivity index (χ1) is 16.9. The maximum absolute atomic E-state index is 13.8. The zero-order valence-corrected chi connectivity index (χ0v) is 19.5. The molecule has 0 spiro atoms. The Balaban J connectivity index is 1.79. The molecule has 0 bridgehead atoms. The molecular weight excluding hydrogens is 471 g/mol. The third-order valence-corrected chi connectivity index (χ3v) is 6.79. The van der Waals surface area contributed by atoms with Crippen molar-refractivity contribution < 1.29 is 28.6 Å². The standard InChI is InChI=1S/C26H19FN2O5S/c1-33-16-9-11-19(34-2)17(13-16)22-21(23(30)14-6-4-3-5-7-14)24(31)25(32)29(22)26-28-18-10-8-15(27)12-20(18)35-26/h3-13,22,30H,1-2H3/b23-21+/t22-/m1/s1. The van der Waals surface area contributed by atoms with Crippen LogP contribution in [-0.4, -0.2) is 36.0 Å². The highest BCUT2D eigenvalue weighted by Gasteiger charge is 2.49. The number of hydrogen-bond donors (Lipinski definition) is 1. The summed E-state index contributed by atoms with van der Waals surface area (Å²) in [5, 5.41) is 11.4. The number of ether oxygens (including phenoxy) is 2. The second-order valence-electron chi connectivity index (χ2n) is 7.75. The van der Waals surface area contributed by atoms with Gasteiger partial charge in [-0.05, 0) is 36.4 Å². The zero-order chi connectivity index (χ0) is 24.7. The number of carbonyl (C=O) groups is 2. The van der Waals surface area contributed by atoms with Crippen molar-refractivity contribution in [1.82, 2.24) is 4.98 Å². The van der Waals surface area contributed by atoms with Crippen LogP contribution in [0.2, 0.25) is 0 Å². The van der Waals surface area contributed by atoms with Gasteiger partial charge in [0.25, 0.3) is 5.78 Å². The molecule has 9 heteroatoms. The summed E-state index contributed by atoms with van der Waals surface area (Å²) in [4.78, 5) is 32.4. The largest absolute Gasteiger partial charge is 0.507 e. The molecular formula is C26H19FN2O5S. The zero-order valence-electron chi connectivity index (χ0n) is 18.7. The first-order valence-corrected chi connectivity index (χ1v) is 11.4. The van der Waals surface area contributed by atoms with E-state index >= 15 is 0 Å². The van der Waals surface area contributed by atoms with Gasteiger partial charge in [-0.15, -0.1) is 0 Å². The van der Waals surface area contributed by atoms with Gasteiger partial charge < -0.3 is 14.6 Å². The Labute approximate surface area is 203 Å². The predicted molar refractivity (Wildman–Crippen MR) is 130 cm³/mol. The maximum Gasteiger partial charge on any atom is 0.301 e. The number of aromatic nitrogens is 1. The fourth-order valence-electron chi connectivity index (χ4n) is 4.12. The van der Waals surface area contributed by atoms with E-state index in [1.54, 1.807) is 48.5 Å². The van der Waals surface area contributed by atoms with E-state index < -0.39 is 23.5 Å². The number of benzene rings is 3. The van der Waals surface area contributed by atoms with Crippen LogP contribution in [-0.2, 0) is 9.59 Å². The van der Waals surface area contributed by atoms with Gasteiger partial charge in [0.05, 0.1) is 30.0 Å². The molecule has 3 aromatic carbocycles. The molecule has 1 fully saturated rings. The van der Waals surface area contributed by atoms with E-state index in [4.69, 9.17) is 9.47 Å². The number of fused-ring (bicyclic) bond motifs is 1. The number of anilines is 1. The number of nitrogens with zero attached hydrogens (tertiary/aromatic N) is 2. The lowest BCUT2D eigenvalue weighted by Gasteiger charge is -2.25. The first-order valence-electron chi connectivity index (χ1n) is 10.6. The number of aliphatic hydroxyl groups is 1. The number of carbonyl (C=O) groups excluding carboxylic acids is 2. The summed E-state index contributed by atoms with van der Waals surface area (Å²) < 4.78 is 25.2. The van der Waals surface area contributed by atoms with E-state index in [2.05, 4.69) is 4.98 Å². The topological polar surface area (TPSA) is 89.0 Å². The summed E-state index contributed by atoms with van der Waals surface area (Å²) in [6, 6.07) is 16.5. The van der Waals surface area contributed by atoms with Crippen molar-refractivity contribution in [1.29, 1.82) is 0 Å². The number of amides is 1. The van der Waals surface area contributed by atoms with Crippen LogP contribution in [0, 0.1) is 5.82 Å². The number of thiazole rings is 1. The third-order valence-electron chi connectivity index (χ3n) is 5.77. The normalized spacial score (nSPS) is 17.2. The Bertz CT molecular complexity index is 1500. The van der Waals surface area contributed by atoms with Crippen molar-refractivity contribution in [2.75, 3.05) is 19.1 Å². The minimum atomic E-state index is -1.06. The average Bonchev–Trinajstić information content (AvgIpc) is 3.41. The van der Waals surface area contributed by atoms with Crippen LogP contribution in [0.4, 0.5) is 9.52 Å². The summed E-state index contributed by atoms with van der Waals surface area (Å²) in [7, 11) is 2.96. The third kappa shape index (κ3) is 3.79. The molecule has 0 unspecified atom stereocenters. The van der Waals surface area contributed by atoms with Crippen LogP contribution >= 0.6 is 11.3 Å². The molecule has 1 N–H and O–H groups in total. The van der Waals surface area contributed by atoms with E-state index in [0.717, 1.165) is 11.3 Å². The molecule has 1 atom stereocenters. The lowest BCUT2D eigenvalue weighted by Crippen LogP contribution is -2.29. The maximum atomic E-state index is 13.8. The van der Waals surface area contributed by atoms with E-state index in [0.29, 0.717) is 32.8 Å². The molecule has 5 rings (SSSR count). The van der Waals surface area contributed by atoms with Crippen molar-refractivity contribution >= 4 is 44.1 Å². The van der Waals surface area contributed by atoms with E-state index in [-0.39, 0.29) is 16.5 Å². The van der Waals surface area contributed by atoms with Gasteiger partial charge in [-0.3, -0.25) is 14.5 Å². The highest BCUT2D eigenvalue weighted by molar-refractivity contribution is 7.22. The number of rotatable bonds is 5. The fourth-order valence-corrected chi connectivity index (χ4v) is 5.14. The monoisotopic (exact) mass is 490 g/mol. The molecule has 35 heavy (non-hydrogen) atoms. The smallest absolute Gasteiger partial charge is 0.301 e.